The first kappa shape index (κ1) is 26.4. The molecule has 38 heavy (non-hydrogen) atoms. The maximum absolute atomic E-state index is 14.1. The molecule has 2 spiro atoms. The molecule has 2 aromatic carbocycles. The van der Waals surface area contributed by atoms with Gasteiger partial charge in [0.15, 0.2) is 0 Å². The highest BCUT2D eigenvalue weighted by Crippen LogP contribution is 2.67. The lowest BCUT2D eigenvalue weighted by atomic mass is 9.47. The standard InChI is InChI=1S/C28H22Br2O8/c1-13-5-9-15(10-6-13)21-19(29)23(31)27(37-21)17(25(33)35-3)18(26(34)36-4)28(27)24(32)20(30)22(38-28)16-11-7-14(2)8-12-16/h5-12,17-18H,1-4H3/t17-,18+,27-,28+. The number of methoxy groups -OCH3 is 2. The van der Waals surface area contributed by atoms with Gasteiger partial charge in [0, 0.05) is 11.1 Å². The molecule has 0 amide bonds. The Hall–Kier alpha value is -3.24. The minimum atomic E-state index is -2.24. The fourth-order valence-electron chi connectivity index (χ4n) is 5.41. The Bertz CT molecular complexity index is 1350. The number of fused-ring (bicyclic) bond motifs is 1. The van der Waals surface area contributed by atoms with Crippen LogP contribution >= 0.6 is 31.9 Å². The fraction of sp³-hybridized carbons (Fsp3) is 0.286. The molecular formula is C28H22Br2O8. The lowest BCUT2D eigenvalue weighted by molar-refractivity contribution is -0.260. The summed E-state index contributed by atoms with van der Waals surface area (Å²) in [6.07, 6.45) is 0. The third-order valence-electron chi connectivity index (χ3n) is 7.30. The van der Waals surface area contributed by atoms with E-state index in [1.807, 2.05) is 38.1 Å². The van der Waals surface area contributed by atoms with Crippen molar-refractivity contribution < 1.29 is 38.1 Å². The molecule has 10 heteroatoms. The summed E-state index contributed by atoms with van der Waals surface area (Å²) >= 11 is 6.65. The first-order chi connectivity index (χ1) is 18.0. The highest BCUT2D eigenvalue weighted by Gasteiger charge is 2.90. The van der Waals surface area contributed by atoms with Gasteiger partial charge in [-0.15, -0.1) is 0 Å². The molecule has 4 atom stereocenters. The van der Waals surface area contributed by atoms with Gasteiger partial charge in [-0.2, -0.15) is 0 Å². The van der Waals surface area contributed by atoms with E-state index in [0.717, 1.165) is 25.3 Å². The summed E-state index contributed by atoms with van der Waals surface area (Å²) < 4.78 is 22.7. The second-order valence-corrected chi connectivity index (χ2v) is 10.9. The predicted molar refractivity (Wildman–Crippen MR) is 143 cm³/mol. The number of Topliss-reactive ketones (excluding diaryl/α,β-unsaturated/α-hetero) is 2. The molecule has 0 bridgehead atoms. The molecule has 2 heterocycles. The van der Waals surface area contributed by atoms with Crippen molar-refractivity contribution in [2.45, 2.75) is 25.0 Å². The molecule has 1 fully saturated rings. The van der Waals surface area contributed by atoms with Gasteiger partial charge in [-0.05, 0) is 45.7 Å². The minimum Gasteiger partial charge on any atom is -0.471 e. The number of hydrogen-bond donors (Lipinski definition) is 0. The van der Waals surface area contributed by atoms with Gasteiger partial charge in [-0.1, -0.05) is 59.7 Å². The van der Waals surface area contributed by atoms with Crippen molar-refractivity contribution >= 4 is 66.9 Å². The fourth-order valence-corrected chi connectivity index (χ4v) is 6.62. The summed E-state index contributed by atoms with van der Waals surface area (Å²) in [7, 11) is 2.25. The zero-order valence-corrected chi connectivity index (χ0v) is 24.0. The SMILES string of the molecule is COC(=O)[C@@H]1[C@H](C(=O)OC)[C@]2(OC(c3ccc(C)cc3)=C(Br)C2=O)[C@]12OC(c1ccc(C)cc1)=C(Br)C2=O. The average molecular weight is 646 g/mol. The molecule has 2 aromatic rings. The Kier molecular flexibility index (Phi) is 6.38. The monoisotopic (exact) mass is 644 g/mol. The summed E-state index contributed by atoms with van der Waals surface area (Å²) in [6, 6.07) is 14.3. The van der Waals surface area contributed by atoms with Crippen LogP contribution in [0.4, 0.5) is 0 Å². The minimum absolute atomic E-state index is 0.00857. The van der Waals surface area contributed by atoms with Crippen LogP contribution in [0.1, 0.15) is 22.3 Å². The summed E-state index contributed by atoms with van der Waals surface area (Å²) in [5.41, 5.74) is -1.45. The second kappa shape index (κ2) is 9.20. The van der Waals surface area contributed by atoms with Crippen LogP contribution in [0.2, 0.25) is 0 Å². The number of ketones is 2. The average Bonchev–Trinajstić information content (AvgIpc) is 3.35. The Labute approximate surface area is 235 Å². The highest BCUT2D eigenvalue weighted by molar-refractivity contribution is 9.12. The quantitative estimate of drug-likeness (QED) is 0.451. The molecule has 8 nitrogen and oxygen atoms in total. The van der Waals surface area contributed by atoms with Crippen molar-refractivity contribution in [2.24, 2.45) is 11.8 Å². The molecule has 3 aliphatic rings. The van der Waals surface area contributed by atoms with Crippen LogP contribution in [0.3, 0.4) is 0 Å². The van der Waals surface area contributed by atoms with Crippen molar-refractivity contribution in [1.82, 2.24) is 0 Å². The van der Waals surface area contributed by atoms with Gasteiger partial charge >= 0.3 is 11.9 Å². The van der Waals surface area contributed by atoms with Gasteiger partial charge in [0.05, 0.1) is 14.2 Å². The highest BCUT2D eigenvalue weighted by atomic mass is 79.9. The summed E-state index contributed by atoms with van der Waals surface area (Å²) in [6.45, 7) is 3.82. The maximum Gasteiger partial charge on any atom is 0.314 e. The van der Waals surface area contributed by atoms with Crippen LogP contribution < -0.4 is 0 Å². The van der Waals surface area contributed by atoms with Crippen LogP contribution in [0, 0.1) is 25.7 Å². The Morgan fingerprint density at radius 3 is 1.29 bits per heavy atom. The van der Waals surface area contributed by atoms with Gasteiger partial charge in [-0.3, -0.25) is 19.2 Å². The molecule has 0 radical (unpaired) electrons. The van der Waals surface area contributed by atoms with Gasteiger partial charge in [0.1, 0.15) is 32.3 Å². The first-order valence-corrected chi connectivity index (χ1v) is 13.2. The molecule has 1 aliphatic carbocycles. The summed E-state index contributed by atoms with van der Waals surface area (Å²) in [5, 5.41) is 0. The Balaban J connectivity index is 1.71. The van der Waals surface area contributed by atoms with Crippen molar-refractivity contribution in [3.8, 4) is 0 Å². The van der Waals surface area contributed by atoms with E-state index in [4.69, 9.17) is 18.9 Å². The molecule has 196 valence electrons. The van der Waals surface area contributed by atoms with Gasteiger partial charge in [-0.25, -0.2) is 0 Å². The molecule has 0 saturated heterocycles. The van der Waals surface area contributed by atoms with Crippen molar-refractivity contribution in [3.63, 3.8) is 0 Å². The number of rotatable bonds is 4. The lowest BCUT2D eigenvalue weighted by Crippen LogP contribution is -2.84. The molecular weight excluding hydrogens is 624 g/mol. The predicted octanol–water partition coefficient (Wildman–Crippen LogP) is 4.40. The Morgan fingerprint density at radius 2 is 1.00 bits per heavy atom. The van der Waals surface area contributed by atoms with E-state index in [-0.39, 0.29) is 20.5 Å². The molecule has 0 N–H and O–H groups in total. The van der Waals surface area contributed by atoms with E-state index in [0.29, 0.717) is 11.1 Å². The smallest absolute Gasteiger partial charge is 0.314 e. The zero-order chi connectivity index (χ0) is 27.6. The number of benzene rings is 2. The summed E-state index contributed by atoms with van der Waals surface area (Å²) in [4.78, 5) is 54.5. The third kappa shape index (κ3) is 3.32. The molecule has 2 aliphatic heterocycles. The second-order valence-electron chi connectivity index (χ2n) is 9.35. The van der Waals surface area contributed by atoms with Crippen LogP contribution in [-0.4, -0.2) is 48.9 Å². The number of carbonyl (C=O) groups excluding carboxylic acids is 4. The summed E-state index contributed by atoms with van der Waals surface area (Å²) in [5.74, 6) is -6.09. The largest absolute Gasteiger partial charge is 0.471 e. The number of aryl methyl sites for hydroxylation is 2. The van der Waals surface area contributed by atoms with E-state index in [2.05, 4.69) is 31.9 Å². The molecule has 1 saturated carbocycles. The first-order valence-electron chi connectivity index (χ1n) is 11.6. The zero-order valence-electron chi connectivity index (χ0n) is 20.8. The van der Waals surface area contributed by atoms with Gasteiger partial charge < -0.3 is 18.9 Å². The van der Waals surface area contributed by atoms with Crippen molar-refractivity contribution in [3.05, 3.63) is 79.7 Å². The van der Waals surface area contributed by atoms with Crippen molar-refractivity contribution in [2.75, 3.05) is 14.2 Å². The number of esters is 2. The molecule has 0 unspecified atom stereocenters. The topological polar surface area (TPSA) is 105 Å². The number of hydrogen-bond acceptors (Lipinski definition) is 8. The van der Waals surface area contributed by atoms with E-state index in [1.54, 1.807) is 24.3 Å². The van der Waals surface area contributed by atoms with Crippen LogP contribution in [0.25, 0.3) is 11.5 Å². The van der Waals surface area contributed by atoms with E-state index >= 15 is 0 Å². The normalized spacial score (nSPS) is 27.9. The van der Waals surface area contributed by atoms with E-state index < -0.39 is 46.5 Å². The van der Waals surface area contributed by atoms with Crippen LogP contribution in [-0.2, 0) is 38.1 Å². The van der Waals surface area contributed by atoms with Gasteiger partial charge in [0.25, 0.3) is 0 Å². The number of carbonyl (C=O) groups is 4. The molecule has 0 aromatic heterocycles. The van der Waals surface area contributed by atoms with E-state index in [9.17, 15) is 19.2 Å². The Morgan fingerprint density at radius 1 is 0.684 bits per heavy atom. The molecule has 5 rings (SSSR count). The van der Waals surface area contributed by atoms with Crippen LogP contribution in [0.15, 0.2) is 57.5 Å². The lowest BCUT2D eigenvalue weighted by Gasteiger charge is -2.58. The van der Waals surface area contributed by atoms with Crippen LogP contribution in [0.5, 0.6) is 0 Å². The van der Waals surface area contributed by atoms with Crippen molar-refractivity contribution in [1.29, 1.82) is 0 Å². The van der Waals surface area contributed by atoms with Gasteiger partial charge in [0.2, 0.25) is 22.8 Å². The van der Waals surface area contributed by atoms with E-state index in [1.165, 1.54) is 0 Å². The maximum atomic E-state index is 14.1. The number of halogens is 2. The third-order valence-corrected chi connectivity index (χ3v) is 8.74. The number of ether oxygens (including phenoxy) is 4.